The summed E-state index contributed by atoms with van der Waals surface area (Å²) in [5, 5.41) is 5.13. The van der Waals surface area contributed by atoms with E-state index in [-0.39, 0.29) is 16.9 Å². The van der Waals surface area contributed by atoms with Gasteiger partial charge in [0.1, 0.15) is 6.54 Å². The Balaban J connectivity index is 2.28. The third-order valence-corrected chi connectivity index (χ3v) is 5.27. The zero-order chi connectivity index (χ0) is 23.2. The van der Waals surface area contributed by atoms with Crippen LogP contribution in [0, 0.1) is 0 Å². The van der Waals surface area contributed by atoms with Crippen LogP contribution < -0.4 is 14.9 Å². The molecule has 0 saturated carbocycles. The van der Waals surface area contributed by atoms with Crippen molar-refractivity contribution in [3.05, 3.63) is 59.7 Å². The Bertz CT molecular complexity index is 1060. The second kappa shape index (κ2) is 9.82. The molecule has 2 aromatic rings. The Hall–Kier alpha value is -3.08. The van der Waals surface area contributed by atoms with Gasteiger partial charge in [0.05, 0.1) is 28.8 Å². The van der Waals surface area contributed by atoms with E-state index >= 15 is 0 Å². The Morgan fingerprint density at radius 1 is 1.06 bits per heavy atom. The van der Waals surface area contributed by atoms with E-state index in [1.54, 1.807) is 12.1 Å². The predicted octanol–water partition coefficient (Wildman–Crippen LogP) is 3.25. The number of rotatable bonds is 8. The summed E-state index contributed by atoms with van der Waals surface area (Å²) >= 11 is 0. The maximum atomic E-state index is 13.0. The fraction of sp³-hybridized carbons (Fsp3) is 0.300. The van der Waals surface area contributed by atoms with Crippen LogP contribution in [0.1, 0.15) is 29.3 Å². The molecule has 0 saturated heterocycles. The highest BCUT2D eigenvalue weighted by molar-refractivity contribution is 7.92. The zero-order valence-electron chi connectivity index (χ0n) is 16.9. The van der Waals surface area contributed by atoms with Gasteiger partial charge in [0, 0.05) is 6.54 Å². The molecule has 0 aliphatic heterocycles. The number of nitrogens with one attached hydrogen (secondary N) is 2. The van der Waals surface area contributed by atoms with Gasteiger partial charge in [-0.2, -0.15) is 13.2 Å². The lowest BCUT2D eigenvalue weighted by molar-refractivity contribution is -0.137. The van der Waals surface area contributed by atoms with Crippen molar-refractivity contribution in [1.82, 2.24) is 5.32 Å². The van der Waals surface area contributed by atoms with Gasteiger partial charge in [0.15, 0.2) is 0 Å². The van der Waals surface area contributed by atoms with Gasteiger partial charge in [-0.15, -0.1) is 0 Å². The van der Waals surface area contributed by atoms with Crippen molar-refractivity contribution >= 4 is 33.2 Å². The lowest BCUT2D eigenvalue weighted by atomic mass is 10.1. The quantitative estimate of drug-likeness (QED) is 0.636. The van der Waals surface area contributed by atoms with Gasteiger partial charge in [-0.3, -0.25) is 13.9 Å². The third kappa shape index (κ3) is 6.71. The summed E-state index contributed by atoms with van der Waals surface area (Å²) in [6.07, 6.45) is -3.18. The standard InChI is InChI=1S/C20H22F3N3O4S/c1-3-11-24-19(28)16-9-4-5-10-17(16)25-18(27)13-26(31(2,29)30)15-8-6-7-14(12-15)20(21,22)23/h4-10,12H,3,11,13H2,1-2H3,(H,24,28)(H,25,27). The molecular formula is C20H22F3N3O4S. The molecule has 0 atom stereocenters. The van der Waals surface area contributed by atoms with Crippen molar-refractivity contribution < 1.29 is 31.2 Å². The molecule has 0 fully saturated rings. The van der Waals surface area contributed by atoms with Gasteiger partial charge in [-0.25, -0.2) is 8.42 Å². The molecule has 7 nitrogen and oxygen atoms in total. The highest BCUT2D eigenvalue weighted by atomic mass is 32.2. The number of anilines is 2. The minimum absolute atomic E-state index is 0.151. The van der Waals surface area contributed by atoms with E-state index in [1.165, 1.54) is 12.1 Å². The average molecular weight is 457 g/mol. The number of hydrogen-bond donors (Lipinski definition) is 2. The summed E-state index contributed by atoms with van der Waals surface area (Å²) in [5.41, 5.74) is -1.02. The molecule has 2 aromatic carbocycles. The molecule has 11 heteroatoms. The maximum Gasteiger partial charge on any atom is 0.416 e. The predicted molar refractivity (Wildman–Crippen MR) is 111 cm³/mol. The Morgan fingerprint density at radius 3 is 2.35 bits per heavy atom. The molecule has 168 valence electrons. The largest absolute Gasteiger partial charge is 0.416 e. The highest BCUT2D eigenvalue weighted by Crippen LogP contribution is 2.32. The molecule has 0 radical (unpaired) electrons. The fourth-order valence-electron chi connectivity index (χ4n) is 2.68. The van der Waals surface area contributed by atoms with Gasteiger partial charge in [-0.1, -0.05) is 25.1 Å². The monoisotopic (exact) mass is 457 g/mol. The van der Waals surface area contributed by atoms with Crippen LogP contribution >= 0.6 is 0 Å². The van der Waals surface area contributed by atoms with Crippen molar-refractivity contribution in [2.24, 2.45) is 0 Å². The number of sulfonamides is 1. The first kappa shape index (κ1) is 24.2. The van der Waals surface area contributed by atoms with Crippen LogP contribution in [0.2, 0.25) is 0 Å². The van der Waals surface area contributed by atoms with Crippen molar-refractivity contribution in [1.29, 1.82) is 0 Å². The van der Waals surface area contributed by atoms with Gasteiger partial charge in [0.25, 0.3) is 5.91 Å². The van der Waals surface area contributed by atoms with Crippen molar-refractivity contribution in [3.8, 4) is 0 Å². The summed E-state index contributed by atoms with van der Waals surface area (Å²) in [4.78, 5) is 24.8. The molecule has 0 aromatic heterocycles. The van der Waals surface area contributed by atoms with E-state index in [4.69, 9.17) is 0 Å². The number of nitrogens with zero attached hydrogens (tertiary/aromatic N) is 1. The number of alkyl halides is 3. The summed E-state index contributed by atoms with van der Waals surface area (Å²) < 4.78 is 63.9. The molecule has 0 heterocycles. The number of hydrogen-bond acceptors (Lipinski definition) is 4. The first-order chi connectivity index (χ1) is 14.4. The minimum atomic E-state index is -4.67. The molecule has 0 bridgehead atoms. The molecule has 2 N–H and O–H groups in total. The van der Waals surface area contributed by atoms with Crippen LogP contribution in [-0.2, 0) is 21.0 Å². The van der Waals surface area contributed by atoms with Crippen LogP contribution in [0.15, 0.2) is 48.5 Å². The molecule has 0 unspecified atom stereocenters. The second-order valence-corrected chi connectivity index (χ2v) is 8.57. The van der Waals surface area contributed by atoms with Gasteiger partial charge in [-0.05, 0) is 36.8 Å². The number of benzene rings is 2. The van der Waals surface area contributed by atoms with E-state index < -0.39 is 40.1 Å². The smallest absolute Gasteiger partial charge is 0.352 e. The SMILES string of the molecule is CCCNC(=O)c1ccccc1NC(=O)CN(c1cccc(C(F)(F)F)c1)S(C)(=O)=O. The van der Waals surface area contributed by atoms with E-state index in [1.807, 2.05) is 6.92 Å². The first-order valence-electron chi connectivity index (χ1n) is 9.25. The second-order valence-electron chi connectivity index (χ2n) is 6.67. The van der Waals surface area contributed by atoms with Crippen molar-refractivity contribution in [3.63, 3.8) is 0 Å². The number of halogens is 3. The third-order valence-electron chi connectivity index (χ3n) is 4.13. The van der Waals surface area contributed by atoms with E-state index in [9.17, 15) is 31.2 Å². The molecular weight excluding hydrogens is 435 g/mol. The molecule has 0 spiro atoms. The van der Waals surface area contributed by atoms with Gasteiger partial charge in [0.2, 0.25) is 15.9 Å². The molecule has 2 amide bonds. The number of carbonyl (C=O) groups excluding carboxylic acids is 2. The Kier molecular flexibility index (Phi) is 7.66. The average Bonchev–Trinajstić information content (AvgIpc) is 2.69. The summed E-state index contributed by atoms with van der Waals surface area (Å²) in [6, 6.07) is 9.80. The lowest BCUT2D eigenvalue weighted by Gasteiger charge is -2.23. The highest BCUT2D eigenvalue weighted by Gasteiger charge is 2.32. The van der Waals surface area contributed by atoms with E-state index in [0.717, 1.165) is 24.5 Å². The summed E-state index contributed by atoms with van der Waals surface area (Å²) in [6.45, 7) is 1.53. The van der Waals surface area contributed by atoms with Gasteiger partial charge >= 0.3 is 6.18 Å². The summed E-state index contributed by atoms with van der Waals surface area (Å²) in [7, 11) is -4.08. The number of para-hydroxylation sites is 1. The topological polar surface area (TPSA) is 95.6 Å². The molecule has 0 aliphatic carbocycles. The Morgan fingerprint density at radius 2 is 1.74 bits per heavy atom. The van der Waals surface area contributed by atoms with Crippen LogP contribution in [-0.4, -0.2) is 39.6 Å². The molecule has 31 heavy (non-hydrogen) atoms. The minimum Gasteiger partial charge on any atom is -0.352 e. The first-order valence-corrected chi connectivity index (χ1v) is 11.1. The number of amides is 2. The Labute approximate surface area is 178 Å². The van der Waals surface area contributed by atoms with Crippen LogP contribution in [0.4, 0.5) is 24.5 Å². The van der Waals surface area contributed by atoms with Crippen LogP contribution in [0.25, 0.3) is 0 Å². The van der Waals surface area contributed by atoms with Crippen molar-refractivity contribution in [2.75, 3.05) is 29.0 Å². The van der Waals surface area contributed by atoms with Crippen LogP contribution in [0.5, 0.6) is 0 Å². The maximum absolute atomic E-state index is 13.0. The van der Waals surface area contributed by atoms with E-state index in [0.29, 0.717) is 23.3 Å². The zero-order valence-corrected chi connectivity index (χ0v) is 17.7. The molecule has 0 aliphatic rings. The van der Waals surface area contributed by atoms with Crippen molar-refractivity contribution in [2.45, 2.75) is 19.5 Å². The normalized spacial score (nSPS) is 11.6. The summed E-state index contributed by atoms with van der Waals surface area (Å²) in [5.74, 6) is -1.24. The van der Waals surface area contributed by atoms with Crippen LogP contribution in [0.3, 0.4) is 0 Å². The molecule has 2 rings (SSSR count). The lowest BCUT2D eigenvalue weighted by Crippen LogP contribution is -2.38. The van der Waals surface area contributed by atoms with Gasteiger partial charge < -0.3 is 10.6 Å². The fourth-order valence-corrected chi connectivity index (χ4v) is 3.53. The number of carbonyl (C=O) groups is 2. The van der Waals surface area contributed by atoms with E-state index in [2.05, 4.69) is 10.6 Å².